The van der Waals surface area contributed by atoms with Gasteiger partial charge in [-0.1, -0.05) is 31.4 Å². The van der Waals surface area contributed by atoms with Gasteiger partial charge in [-0.25, -0.2) is 4.98 Å². The Morgan fingerprint density at radius 2 is 2.05 bits per heavy atom. The molecule has 0 unspecified atom stereocenters. The highest BCUT2D eigenvalue weighted by Gasteiger charge is 2.31. The summed E-state index contributed by atoms with van der Waals surface area (Å²) >= 11 is 0. The molecule has 102 valence electrons. The minimum Gasteiger partial charge on any atom is -0.342 e. The number of nitrogens with zero attached hydrogens (tertiary/aromatic N) is 1. The first-order chi connectivity index (χ1) is 9.22. The van der Waals surface area contributed by atoms with Crippen LogP contribution in [0.2, 0.25) is 0 Å². The normalized spacial score (nSPS) is 18.8. The maximum Gasteiger partial charge on any atom is 0.107 e. The van der Waals surface area contributed by atoms with E-state index in [1.807, 2.05) is 0 Å². The van der Waals surface area contributed by atoms with Gasteiger partial charge >= 0.3 is 0 Å². The predicted molar refractivity (Wildman–Crippen MR) is 79.1 cm³/mol. The Kier molecular flexibility index (Phi) is 3.31. The number of benzene rings is 1. The fourth-order valence-electron chi connectivity index (χ4n) is 3.42. The van der Waals surface area contributed by atoms with Gasteiger partial charge in [0.05, 0.1) is 11.0 Å². The molecule has 1 aromatic carbocycles. The summed E-state index contributed by atoms with van der Waals surface area (Å²) in [4.78, 5) is 8.26. The van der Waals surface area contributed by atoms with E-state index in [0.717, 1.165) is 29.8 Å². The molecule has 0 bridgehead atoms. The van der Waals surface area contributed by atoms with Gasteiger partial charge in [-0.05, 0) is 43.4 Å². The Balaban J connectivity index is 1.89. The number of hydrogen-bond acceptors (Lipinski definition) is 2. The number of nitrogens with two attached hydrogens (primary N) is 1. The Morgan fingerprint density at radius 1 is 1.26 bits per heavy atom. The van der Waals surface area contributed by atoms with E-state index in [0.29, 0.717) is 0 Å². The third kappa shape index (κ3) is 2.39. The van der Waals surface area contributed by atoms with Gasteiger partial charge < -0.3 is 10.7 Å². The summed E-state index contributed by atoms with van der Waals surface area (Å²) in [6.45, 7) is 2.90. The van der Waals surface area contributed by atoms with Gasteiger partial charge in [0.2, 0.25) is 0 Å². The first-order valence-electron chi connectivity index (χ1n) is 7.37. The van der Waals surface area contributed by atoms with Crippen molar-refractivity contribution in [3.63, 3.8) is 0 Å². The molecule has 1 saturated carbocycles. The molecule has 0 spiro atoms. The van der Waals surface area contributed by atoms with Crippen LogP contribution in [-0.2, 0) is 6.42 Å². The lowest BCUT2D eigenvalue weighted by molar-refractivity contribution is 0.194. The van der Waals surface area contributed by atoms with E-state index in [9.17, 15) is 0 Å². The molecule has 3 nitrogen and oxygen atoms in total. The second-order valence-corrected chi connectivity index (χ2v) is 6.10. The Bertz CT molecular complexity index is 564. The van der Waals surface area contributed by atoms with Crippen molar-refractivity contribution in [2.24, 2.45) is 11.1 Å². The molecule has 3 rings (SSSR count). The Labute approximate surface area is 114 Å². The van der Waals surface area contributed by atoms with Crippen LogP contribution in [0.3, 0.4) is 0 Å². The van der Waals surface area contributed by atoms with Gasteiger partial charge in [0, 0.05) is 6.42 Å². The minimum absolute atomic E-state index is 0.278. The third-order valence-electron chi connectivity index (χ3n) is 4.65. The summed E-state index contributed by atoms with van der Waals surface area (Å²) < 4.78 is 0. The average Bonchev–Trinajstić information content (AvgIpc) is 2.83. The third-order valence-corrected chi connectivity index (χ3v) is 4.65. The molecular weight excluding hydrogens is 234 g/mol. The van der Waals surface area contributed by atoms with Crippen LogP contribution in [0.25, 0.3) is 11.0 Å². The van der Waals surface area contributed by atoms with Gasteiger partial charge in [0.25, 0.3) is 0 Å². The lowest BCUT2D eigenvalue weighted by Crippen LogP contribution is -2.35. The summed E-state index contributed by atoms with van der Waals surface area (Å²) in [5, 5.41) is 0. The number of nitrogens with one attached hydrogen (secondary N) is 1. The van der Waals surface area contributed by atoms with E-state index in [1.54, 1.807) is 0 Å². The molecule has 1 aliphatic carbocycles. The maximum absolute atomic E-state index is 6.07. The molecule has 19 heavy (non-hydrogen) atoms. The molecular formula is C16H23N3. The van der Waals surface area contributed by atoms with Crippen LogP contribution < -0.4 is 5.73 Å². The standard InChI is InChI=1S/C16H23N3/c1-12-6-5-7-13-15(12)19-14(18-13)10-16(11-17)8-3-2-4-9-16/h5-7H,2-4,8-11,17H2,1H3,(H,18,19). The van der Waals surface area contributed by atoms with Crippen molar-refractivity contribution < 1.29 is 0 Å². The van der Waals surface area contributed by atoms with Crippen molar-refractivity contribution in [2.45, 2.75) is 45.4 Å². The molecule has 2 aromatic rings. The fourth-order valence-corrected chi connectivity index (χ4v) is 3.42. The summed E-state index contributed by atoms with van der Waals surface area (Å²) in [5.74, 6) is 1.11. The zero-order valence-electron chi connectivity index (χ0n) is 11.7. The largest absolute Gasteiger partial charge is 0.342 e. The van der Waals surface area contributed by atoms with Gasteiger partial charge in [0.15, 0.2) is 0 Å². The lowest BCUT2D eigenvalue weighted by atomic mass is 9.72. The highest BCUT2D eigenvalue weighted by Crippen LogP contribution is 2.38. The molecule has 0 radical (unpaired) electrons. The van der Waals surface area contributed by atoms with Gasteiger partial charge in [-0.2, -0.15) is 0 Å². The van der Waals surface area contributed by atoms with Crippen LogP contribution in [0.15, 0.2) is 18.2 Å². The molecule has 1 heterocycles. The smallest absolute Gasteiger partial charge is 0.107 e. The first-order valence-corrected chi connectivity index (χ1v) is 7.37. The fraction of sp³-hybridized carbons (Fsp3) is 0.562. The van der Waals surface area contributed by atoms with Crippen molar-refractivity contribution in [3.05, 3.63) is 29.6 Å². The number of rotatable bonds is 3. The van der Waals surface area contributed by atoms with E-state index in [4.69, 9.17) is 10.7 Å². The molecule has 0 saturated heterocycles. The van der Waals surface area contributed by atoms with E-state index < -0.39 is 0 Å². The van der Waals surface area contributed by atoms with E-state index in [-0.39, 0.29) is 5.41 Å². The topological polar surface area (TPSA) is 54.7 Å². The number of fused-ring (bicyclic) bond motifs is 1. The number of imidazole rings is 1. The predicted octanol–water partition coefficient (Wildman–Crippen LogP) is 3.32. The van der Waals surface area contributed by atoms with Crippen LogP contribution in [-0.4, -0.2) is 16.5 Å². The SMILES string of the molecule is Cc1cccc2[nH]c(CC3(CN)CCCCC3)nc12. The highest BCUT2D eigenvalue weighted by atomic mass is 14.9. The van der Waals surface area contributed by atoms with Crippen molar-refractivity contribution >= 4 is 11.0 Å². The number of H-pyrrole nitrogens is 1. The van der Waals surface area contributed by atoms with E-state index in [2.05, 4.69) is 30.1 Å². The molecule has 3 heteroatoms. The van der Waals surface area contributed by atoms with E-state index in [1.165, 1.54) is 37.7 Å². The zero-order chi connectivity index (χ0) is 13.3. The number of hydrogen-bond donors (Lipinski definition) is 2. The summed E-state index contributed by atoms with van der Waals surface area (Å²) in [6, 6.07) is 6.31. The van der Waals surface area contributed by atoms with E-state index >= 15 is 0 Å². The van der Waals surface area contributed by atoms with Crippen LogP contribution >= 0.6 is 0 Å². The van der Waals surface area contributed by atoms with Gasteiger partial charge in [0.1, 0.15) is 5.82 Å². The molecule has 0 aliphatic heterocycles. The Morgan fingerprint density at radius 3 is 2.74 bits per heavy atom. The molecule has 1 aliphatic rings. The number of aromatic amines is 1. The lowest BCUT2D eigenvalue weighted by Gasteiger charge is -2.35. The summed E-state index contributed by atoms with van der Waals surface area (Å²) in [6.07, 6.45) is 7.49. The highest BCUT2D eigenvalue weighted by molar-refractivity contribution is 5.78. The quantitative estimate of drug-likeness (QED) is 0.886. The minimum atomic E-state index is 0.278. The number of aryl methyl sites for hydroxylation is 1. The molecule has 0 amide bonds. The van der Waals surface area contributed by atoms with Crippen molar-refractivity contribution in [1.82, 2.24) is 9.97 Å². The first kappa shape index (κ1) is 12.7. The van der Waals surface area contributed by atoms with Crippen LogP contribution in [0.4, 0.5) is 0 Å². The second kappa shape index (κ2) is 4.97. The maximum atomic E-state index is 6.07. The molecule has 1 fully saturated rings. The molecule has 1 aromatic heterocycles. The zero-order valence-corrected chi connectivity index (χ0v) is 11.7. The van der Waals surface area contributed by atoms with Crippen molar-refractivity contribution in [3.8, 4) is 0 Å². The van der Waals surface area contributed by atoms with Gasteiger partial charge in [-0.15, -0.1) is 0 Å². The van der Waals surface area contributed by atoms with Crippen LogP contribution in [0.5, 0.6) is 0 Å². The molecule has 0 atom stereocenters. The summed E-state index contributed by atoms with van der Waals surface area (Å²) in [7, 11) is 0. The summed E-state index contributed by atoms with van der Waals surface area (Å²) in [5.41, 5.74) is 9.85. The Hall–Kier alpha value is -1.35. The van der Waals surface area contributed by atoms with Gasteiger partial charge in [-0.3, -0.25) is 0 Å². The van der Waals surface area contributed by atoms with Crippen LogP contribution in [0.1, 0.15) is 43.5 Å². The van der Waals surface area contributed by atoms with Crippen LogP contribution in [0, 0.1) is 12.3 Å². The van der Waals surface area contributed by atoms with Crippen molar-refractivity contribution in [1.29, 1.82) is 0 Å². The molecule has 3 N–H and O–H groups in total. The van der Waals surface area contributed by atoms with Crippen molar-refractivity contribution in [2.75, 3.05) is 6.54 Å². The average molecular weight is 257 g/mol. The number of aromatic nitrogens is 2. The monoisotopic (exact) mass is 257 g/mol. The second-order valence-electron chi connectivity index (χ2n) is 6.10. The number of para-hydroxylation sites is 1.